The molecule has 0 fully saturated rings. The Morgan fingerprint density at radius 1 is 1.35 bits per heavy atom. The largest absolute Gasteiger partial charge is 0.476 e. The Kier molecular flexibility index (Phi) is 4.95. The van der Waals surface area contributed by atoms with Crippen LogP contribution in [0.25, 0.3) is 5.69 Å². The van der Waals surface area contributed by atoms with Gasteiger partial charge in [0.2, 0.25) is 0 Å². The fourth-order valence-electron chi connectivity index (χ4n) is 1.83. The van der Waals surface area contributed by atoms with E-state index in [1.165, 1.54) is 4.68 Å². The van der Waals surface area contributed by atoms with Crippen LogP contribution in [0.4, 0.5) is 0 Å². The molecule has 0 spiro atoms. The Hall–Kier alpha value is -1.18. The van der Waals surface area contributed by atoms with E-state index in [-0.39, 0.29) is 12.3 Å². The summed E-state index contributed by atoms with van der Waals surface area (Å²) in [6, 6.07) is 5.56. The minimum atomic E-state index is -1.06. The predicted molar refractivity (Wildman–Crippen MR) is 81.3 cm³/mol. The fraction of sp³-hybridized carbons (Fsp3) is 0.231. The Labute approximate surface area is 132 Å². The van der Waals surface area contributed by atoms with Crippen LogP contribution in [0.5, 0.6) is 0 Å². The highest BCUT2D eigenvalue weighted by atomic mass is 79.9. The van der Waals surface area contributed by atoms with E-state index in [0.29, 0.717) is 18.4 Å². The van der Waals surface area contributed by atoms with Gasteiger partial charge in [-0.2, -0.15) is 5.10 Å². The van der Waals surface area contributed by atoms with Gasteiger partial charge in [-0.05, 0) is 47.0 Å². The van der Waals surface area contributed by atoms with Gasteiger partial charge in [-0.1, -0.05) is 15.9 Å². The molecule has 0 aliphatic rings. The van der Waals surface area contributed by atoms with Gasteiger partial charge in [-0.3, -0.25) is 0 Å². The van der Waals surface area contributed by atoms with Crippen LogP contribution < -0.4 is 0 Å². The smallest absolute Gasteiger partial charge is 0.356 e. The second-order valence-corrected chi connectivity index (χ2v) is 5.95. The average molecular weight is 404 g/mol. The molecule has 0 saturated heterocycles. The van der Waals surface area contributed by atoms with Crippen LogP contribution in [0.3, 0.4) is 0 Å². The molecule has 0 aliphatic heterocycles. The van der Waals surface area contributed by atoms with Gasteiger partial charge in [0.15, 0.2) is 5.69 Å². The molecule has 5 nitrogen and oxygen atoms in total. The van der Waals surface area contributed by atoms with Gasteiger partial charge in [0.1, 0.15) is 0 Å². The summed E-state index contributed by atoms with van der Waals surface area (Å²) in [5.74, 6) is -1.06. The summed E-state index contributed by atoms with van der Waals surface area (Å²) in [7, 11) is 0. The fourth-order valence-corrected chi connectivity index (χ4v) is 3.06. The van der Waals surface area contributed by atoms with E-state index in [9.17, 15) is 9.90 Å². The number of nitrogens with zero attached hydrogens (tertiary/aromatic N) is 2. The minimum Gasteiger partial charge on any atom is -0.476 e. The molecule has 0 aliphatic carbocycles. The average Bonchev–Trinajstić information content (AvgIpc) is 2.80. The van der Waals surface area contributed by atoms with Crippen molar-refractivity contribution >= 4 is 37.8 Å². The monoisotopic (exact) mass is 402 g/mol. The molecule has 0 bridgehead atoms. The summed E-state index contributed by atoms with van der Waals surface area (Å²) in [5, 5.41) is 22.2. The Morgan fingerprint density at radius 3 is 2.70 bits per heavy atom. The maximum absolute atomic E-state index is 11.2. The standard InChI is InChI=1S/C13H12Br2N2O3/c14-9-3-4-11(10(15)6-9)17-7-8(2-1-5-18)12(16-17)13(19)20/h3-4,6-7,18H,1-2,5H2,(H,19,20). The number of aryl methyl sites for hydroxylation is 1. The molecule has 2 rings (SSSR count). The van der Waals surface area contributed by atoms with Crippen LogP contribution in [0.1, 0.15) is 22.5 Å². The number of aromatic nitrogens is 2. The molecule has 1 aromatic heterocycles. The number of carbonyl (C=O) groups is 1. The first-order valence-corrected chi connectivity index (χ1v) is 7.49. The number of aliphatic hydroxyl groups is 1. The highest BCUT2D eigenvalue weighted by Crippen LogP contribution is 2.25. The van der Waals surface area contributed by atoms with Crippen molar-refractivity contribution in [3.05, 3.63) is 44.6 Å². The van der Waals surface area contributed by atoms with Gasteiger partial charge in [0.25, 0.3) is 0 Å². The molecule has 7 heteroatoms. The third-order valence-corrected chi connectivity index (χ3v) is 3.88. The molecule has 1 aromatic carbocycles. The summed E-state index contributed by atoms with van der Waals surface area (Å²) in [6.45, 7) is 0.0201. The number of hydrogen-bond acceptors (Lipinski definition) is 3. The molecular formula is C13H12Br2N2O3. The predicted octanol–water partition coefficient (Wildman–Crippen LogP) is 3.02. The normalized spacial score (nSPS) is 10.8. The lowest BCUT2D eigenvalue weighted by atomic mass is 10.1. The van der Waals surface area contributed by atoms with Crippen LogP contribution in [-0.4, -0.2) is 32.6 Å². The van der Waals surface area contributed by atoms with Gasteiger partial charge in [-0.15, -0.1) is 0 Å². The van der Waals surface area contributed by atoms with E-state index in [1.54, 1.807) is 6.20 Å². The number of hydrogen-bond donors (Lipinski definition) is 2. The quantitative estimate of drug-likeness (QED) is 0.804. The van der Waals surface area contributed by atoms with Gasteiger partial charge in [0, 0.05) is 27.3 Å². The van der Waals surface area contributed by atoms with Crippen LogP contribution in [0.2, 0.25) is 0 Å². The minimum absolute atomic E-state index is 0.0201. The van der Waals surface area contributed by atoms with Gasteiger partial charge < -0.3 is 10.2 Å². The summed E-state index contributed by atoms with van der Waals surface area (Å²) in [6.07, 6.45) is 2.67. The topological polar surface area (TPSA) is 75.3 Å². The molecule has 2 N–H and O–H groups in total. The number of halogens is 2. The molecule has 20 heavy (non-hydrogen) atoms. The second-order valence-electron chi connectivity index (χ2n) is 4.18. The zero-order valence-electron chi connectivity index (χ0n) is 10.4. The summed E-state index contributed by atoms with van der Waals surface area (Å²) >= 11 is 6.79. The van der Waals surface area contributed by atoms with E-state index in [2.05, 4.69) is 37.0 Å². The SMILES string of the molecule is O=C(O)c1nn(-c2ccc(Br)cc2Br)cc1CCCO. The zero-order chi connectivity index (χ0) is 14.7. The van der Waals surface area contributed by atoms with Crippen molar-refractivity contribution in [1.29, 1.82) is 0 Å². The van der Waals surface area contributed by atoms with Crippen molar-refractivity contribution in [2.24, 2.45) is 0 Å². The van der Waals surface area contributed by atoms with Crippen LogP contribution >= 0.6 is 31.9 Å². The number of carboxylic acids is 1. The molecule has 106 valence electrons. The molecule has 1 heterocycles. The Balaban J connectivity index is 2.44. The molecule has 2 aromatic rings. The molecular weight excluding hydrogens is 392 g/mol. The molecule has 0 radical (unpaired) electrons. The maximum Gasteiger partial charge on any atom is 0.356 e. The number of rotatable bonds is 5. The zero-order valence-corrected chi connectivity index (χ0v) is 13.6. The Bertz CT molecular complexity index is 641. The molecule has 0 amide bonds. The van der Waals surface area contributed by atoms with Crippen molar-refractivity contribution in [3.63, 3.8) is 0 Å². The van der Waals surface area contributed by atoms with E-state index in [1.807, 2.05) is 18.2 Å². The van der Waals surface area contributed by atoms with Crippen LogP contribution in [-0.2, 0) is 6.42 Å². The number of aliphatic hydroxyl groups excluding tert-OH is 1. The number of benzene rings is 1. The van der Waals surface area contributed by atoms with Crippen molar-refractivity contribution in [3.8, 4) is 5.69 Å². The first-order valence-electron chi connectivity index (χ1n) is 5.91. The van der Waals surface area contributed by atoms with Gasteiger partial charge in [0.05, 0.1) is 5.69 Å². The molecule has 0 unspecified atom stereocenters. The van der Waals surface area contributed by atoms with E-state index < -0.39 is 5.97 Å². The summed E-state index contributed by atoms with van der Waals surface area (Å²) in [4.78, 5) is 11.2. The Morgan fingerprint density at radius 2 is 2.10 bits per heavy atom. The summed E-state index contributed by atoms with van der Waals surface area (Å²) < 4.78 is 3.26. The summed E-state index contributed by atoms with van der Waals surface area (Å²) in [5.41, 5.74) is 1.39. The van der Waals surface area contributed by atoms with E-state index in [0.717, 1.165) is 14.6 Å². The number of aromatic carboxylic acids is 1. The lowest BCUT2D eigenvalue weighted by molar-refractivity contribution is 0.0688. The van der Waals surface area contributed by atoms with Crippen molar-refractivity contribution in [2.45, 2.75) is 12.8 Å². The molecule has 0 saturated carbocycles. The third kappa shape index (κ3) is 3.28. The lowest BCUT2D eigenvalue weighted by Gasteiger charge is -2.04. The van der Waals surface area contributed by atoms with Crippen molar-refractivity contribution < 1.29 is 15.0 Å². The second kappa shape index (κ2) is 6.51. The van der Waals surface area contributed by atoms with E-state index in [4.69, 9.17) is 5.11 Å². The highest BCUT2D eigenvalue weighted by molar-refractivity contribution is 9.11. The highest BCUT2D eigenvalue weighted by Gasteiger charge is 2.17. The van der Waals surface area contributed by atoms with Gasteiger partial charge >= 0.3 is 5.97 Å². The van der Waals surface area contributed by atoms with E-state index >= 15 is 0 Å². The van der Waals surface area contributed by atoms with Crippen LogP contribution in [0.15, 0.2) is 33.3 Å². The third-order valence-electron chi connectivity index (χ3n) is 2.75. The van der Waals surface area contributed by atoms with Crippen LogP contribution in [0, 0.1) is 0 Å². The lowest BCUT2D eigenvalue weighted by Crippen LogP contribution is -2.03. The molecule has 0 atom stereocenters. The number of carboxylic acid groups (broad SMARTS) is 1. The first kappa shape index (κ1) is 15.2. The first-order chi connectivity index (χ1) is 9.52. The van der Waals surface area contributed by atoms with Crippen molar-refractivity contribution in [1.82, 2.24) is 9.78 Å². The maximum atomic E-state index is 11.2. The van der Waals surface area contributed by atoms with Crippen molar-refractivity contribution in [2.75, 3.05) is 6.61 Å². The van der Waals surface area contributed by atoms with Gasteiger partial charge in [-0.25, -0.2) is 9.48 Å².